The van der Waals surface area contributed by atoms with E-state index in [1.165, 1.54) is 0 Å². The minimum Gasteiger partial charge on any atom is -1.00 e. The molecular formula is C15H12ClF3S. The van der Waals surface area contributed by atoms with Crippen molar-refractivity contribution in [2.45, 2.75) is 18.9 Å². The van der Waals surface area contributed by atoms with E-state index in [2.05, 4.69) is 0 Å². The lowest BCUT2D eigenvalue weighted by Crippen LogP contribution is -3.00. The molecule has 0 nitrogen and oxygen atoms in total. The summed E-state index contributed by atoms with van der Waals surface area (Å²) in [5, 5.41) is 0.719. The van der Waals surface area contributed by atoms with Gasteiger partial charge in [0.15, 0.2) is 9.58 Å². The number of hydrogen-bond donors (Lipinski definition) is 0. The van der Waals surface area contributed by atoms with Crippen molar-refractivity contribution in [3.05, 3.63) is 52.9 Å². The summed E-state index contributed by atoms with van der Waals surface area (Å²) < 4.78 is 40.3. The van der Waals surface area contributed by atoms with Gasteiger partial charge in [-0.25, -0.2) is 0 Å². The Morgan fingerprint density at radius 2 is 1.85 bits per heavy atom. The fourth-order valence-corrected chi connectivity index (χ4v) is 4.15. The van der Waals surface area contributed by atoms with Crippen molar-refractivity contribution in [3.63, 3.8) is 0 Å². The van der Waals surface area contributed by atoms with Crippen molar-refractivity contribution in [2.75, 3.05) is 0 Å². The van der Waals surface area contributed by atoms with Crippen LogP contribution in [-0.2, 0) is 11.9 Å². The van der Waals surface area contributed by atoms with Crippen LogP contribution in [0.3, 0.4) is 0 Å². The molecule has 0 bridgehead atoms. The predicted octanol–water partition coefficient (Wildman–Crippen LogP) is 2.58. The summed E-state index contributed by atoms with van der Waals surface area (Å²) in [4.78, 5) is 0.401. The van der Waals surface area contributed by atoms with Gasteiger partial charge in [-0.1, -0.05) is 19.1 Å². The molecule has 1 aliphatic rings. The normalized spacial score (nSPS) is 14.8. The van der Waals surface area contributed by atoms with Crippen LogP contribution < -0.4 is 12.4 Å². The second-order valence-electron chi connectivity index (χ2n) is 4.47. The first-order valence-corrected chi connectivity index (χ1v) is 7.27. The second kappa shape index (κ2) is 5.26. The maximum absolute atomic E-state index is 13.3. The van der Waals surface area contributed by atoms with E-state index in [1.807, 2.05) is 13.0 Å². The number of hydrogen-bond acceptors (Lipinski definition) is 0. The molecule has 2 aromatic rings. The summed E-state index contributed by atoms with van der Waals surface area (Å²) >= 11 is 0. The number of alkyl halides is 3. The van der Waals surface area contributed by atoms with Crippen LogP contribution in [0.15, 0.2) is 42.5 Å². The molecule has 1 aromatic heterocycles. The molecule has 1 unspecified atom stereocenters. The van der Waals surface area contributed by atoms with Gasteiger partial charge in [-0.15, -0.1) is 13.2 Å². The quantitative estimate of drug-likeness (QED) is 0.747. The Bertz CT molecular complexity index is 708. The zero-order chi connectivity index (χ0) is 13.6. The van der Waals surface area contributed by atoms with Gasteiger partial charge in [0.2, 0.25) is 0 Å². The summed E-state index contributed by atoms with van der Waals surface area (Å²) in [5.41, 5.74) is -2.44. The average Bonchev–Trinajstić information content (AvgIpc) is 2.63. The molecule has 1 atom stereocenters. The first-order chi connectivity index (χ1) is 9.00. The number of aryl methyl sites for hydroxylation is 1. The summed E-state index contributed by atoms with van der Waals surface area (Å²) in [6, 6.07) is 7.00. The van der Waals surface area contributed by atoms with Gasteiger partial charge in [-0.05, 0) is 36.3 Å². The van der Waals surface area contributed by atoms with E-state index in [-0.39, 0.29) is 12.4 Å². The molecule has 0 spiro atoms. The van der Waals surface area contributed by atoms with Crippen LogP contribution in [0.4, 0.5) is 13.2 Å². The molecule has 3 rings (SSSR count). The summed E-state index contributed by atoms with van der Waals surface area (Å²) in [6.07, 6.45) is 6.09. The molecule has 5 heteroatoms. The smallest absolute Gasteiger partial charge is 0.601 e. The zero-order valence-corrected chi connectivity index (χ0v) is 12.2. The van der Waals surface area contributed by atoms with E-state index >= 15 is 0 Å². The Morgan fingerprint density at radius 3 is 2.35 bits per heavy atom. The third kappa shape index (κ3) is 2.38. The molecule has 0 amide bonds. The minimum atomic E-state index is -4.21. The van der Waals surface area contributed by atoms with Crippen LogP contribution in [0.2, 0.25) is 0 Å². The maximum atomic E-state index is 13.3. The summed E-state index contributed by atoms with van der Waals surface area (Å²) in [6.45, 7) is 2.00. The predicted molar refractivity (Wildman–Crippen MR) is 74.2 cm³/mol. The topological polar surface area (TPSA) is 0 Å². The van der Waals surface area contributed by atoms with Gasteiger partial charge in [0.25, 0.3) is 0 Å². The molecule has 0 aliphatic heterocycles. The van der Waals surface area contributed by atoms with Crippen LogP contribution in [0, 0.1) is 0 Å². The van der Waals surface area contributed by atoms with E-state index in [9.17, 15) is 13.2 Å². The lowest BCUT2D eigenvalue weighted by molar-refractivity contribution is -0.0866. The second-order valence-corrected chi connectivity index (χ2v) is 6.42. The van der Waals surface area contributed by atoms with Crippen LogP contribution in [0.25, 0.3) is 15.7 Å². The molecule has 0 N–H and O–H groups in total. The number of fused-ring (bicyclic) bond motifs is 1. The first kappa shape index (κ1) is 15.1. The van der Waals surface area contributed by atoms with E-state index in [0.717, 1.165) is 17.4 Å². The lowest BCUT2D eigenvalue weighted by atomic mass is 10.1. The van der Waals surface area contributed by atoms with Gasteiger partial charge >= 0.3 is 5.51 Å². The molecule has 1 aromatic carbocycles. The van der Waals surface area contributed by atoms with E-state index in [0.29, 0.717) is 15.2 Å². The van der Waals surface area contributed by atoms with Crippen molar-refractivity contribution in [1.82, 2.24) is 0 Å². The van der Waals surface area contributed by atoms with E-state index < -0.39 is 16.0 Å². The molecule has 0 saturated carbocycles. The van der Waals surface area contributed by atoms with Crippen molar-refractivity contribution < 1.29 is 25.6 Å². The number of allylic oxidation sites excluding steroid dienone is 4. The Balaban J connectivity index is 0.00000147. The van der Waals surface area contributed by atoms with Gasteiger partial charge < -0.3 is 12.4 Å². The van der Waals surface area contributed by atoms with Crippen LogP contribution in [-0.4, -0.2) is 0 Å². The van der Waals surface area contributed by atoms with Crippen LogP contribution >= 0.6 is 10.5 Å². The first-order valence-electron chi connectivity index (χ1n) is 6.05. The van der Waals surface area contributed by atoms with E-state index in [4.69, 9.17) is 0 Å². The van der Waals surface area contributed by atoms with Crippen molar-refractivity contribution in [3.8, 4) is 0 Å². The van der Waals surface area contributed by atoms with E-state index in [1.54, 1.807) is 36.4 Å². The molecule has 20 heavy (non-hydrogen) atoms. The molecule has 0 radical (unpaired) electrons. The van der Waals surface area contributed by atoms with Crippen molar-refractivity contribution >= 4 is 26.1 Å². The highest BCUT2D eigenvalue weighted by Gasteiger charge is 2.48. The van der Waals surface area contributed by atoms with Gasteiger partial charge in [-0.3, -0.25) is 0 Å². The van der Waals surface area contributed by atoms with Crippen molar-refractivity contribution in [1.29, 1.82) is 0 Å². The molecule has 1 aliphatic carbocycles. The fourth-order valence-electron chi connectivity index (χ4n) is 2.24. The number of rotatable bonds is 2. The maximum Gasteiger partial charge on any atom is 0.601 e. The molecule has 106 valence electrons. The van der Waals surface area contributed by atoms with Crippen LogP contribution in [0.5, 0.6) is 0 Å². The number of halogens is 4. The Morgan fingerprint density at radius 1 is 1.15 bits per heavy atom. The SMILES string of the molecule is CCc1ccc2c(c1)cc(C1=CC=C1)[s+]2C(F)(F)F.[Cl-]. The lowest BCUT2D eigenvalue weighted by Gasteiger charge is -2.04. The van der Waals surface area contributed by atoms with Gasteiger partial charge in [0.1, 0.15) is 10.5 Å². The Labute approximate surface area is 124 Å². The van der Waals surface area contributed by atoms with Gasteiger partial charge in [0.05, 0.1) is 0 Å². The Hall–Kier alpha value is -1.26. The third-order valence-corrected chi connectivity index (χ3v) is 5.34. The van der Waals surface area contributed by atoms with Crippen molar-refractivity contribution in [2.24, 2.45) is 0 Å². The number of benzene rings is 1. The Kier molecular flexibility index (Phi) is 3.98. The largest absolute Gasteiger partial charge is 1.00 e. The molecule has 0 fully saturated rings. The average molecular weight is 317 g/mol. The molecule has 1 heterocycles. The summed E-state index contributed by atoms with van der Waals surface area (Å²) in [5.74, 6) is 0. The highest BCUT2D eigenvalue weighted by Crippen LogP contribution is 2.53. The third-order valence-electron chi connectivity index (χ3n) is 3.28. The summed E-state index contributed by atoms with van der Waals surface area (Å²) in [7, 11) is -1.80. The minimum absolute atomic E-state index is 0. The molecular weight excluding hydrogens is 305 g/mol. The highest BCUT2D eigenvalue weighted by atomic mass is 35.5. The highest BCUT2D eigenvalue weighted by molar-refractivity contribution is 7.39. The molecule has 0 saturated heterocycles. The number of thiophene rings is 1. The van der Waals surface area contributed by atoms with Gasteiger partial charge in [-0.2, -0.15) is 0 Å². The fraction of sp³-hybridized carbons (Fsp3) is 0.200. The standard InChI is InChI=1S/C15H12F3S.ClH/c1-2-10-6-7-13-12(8-10)9-14(11-4-3-5-11)19(13)15(16,17)18;/h3-9H,2H2,1H3;1H/q+1;/p-1. The van der Waals surface area contributed by atoms with Crippen LogP contribution in [0.1, 0.15) is 17.4 Å². The monoisotopic (exact) mass is 316 g/mol. The zero-order valence-electron chi connectivity index (χ0n) is 10.7. The van der Waals surface area contributed by atoms with Gasteiger partial charge in [0, 0.05) is 17.0 Å².